The first-order valence-electron chi connectivity index (χ1n) is 6.51. The number of nitrogens with zero attached hydrogens (tertiary/aromatic N) is 2. The molecule has 6 heteroatoms. The predicted octanol–water partition coefficient (Wildman–Crippen LogP) is 4.93. The topological polar surface area (TPSA) is 51.0 Å². The molecule has 1 aromatic carbocycles. The number of anilines is 1. The van der Waals surface area contributed by atoms with Gasteiger partial charge in [0.05, 0.1) is 4.34 Å². The van der Waals surface area contributed by atoms with Crippen LogP contribution >= 0.6 is 22.9 Å². The smallest absolute Gasteiger partial charge is 0.247 e. The van der Waals surface area contributed by atoms with Crippen LogP contribution in [0, 0.1) is 6.92 Å². The second-order valence-corrected chi connectivity index (χ2v) is 6.37. The Kier molecular flexibility index (Phi) is 3.94. The van der Waals surface area contributed by atoms with E-state index in [0.717, 1.165) is 21.2 Å². The van der Waals surface area contributed by atoms with E-state index in [1.165, 1.54) is 12.0 Å². The molecule has 0 bridgehead atoms. The number of rotatable bonds is 4. The van der Waals surface area contributed by atoms with E-state index in [2.05, 4.69) is 34.7 Å². The molecule has 21 heavy (non-hydrogen) atoms. The number of aryl methyl sites for hydroxylation is 1. The minimum Gasteiger partial charge on any atom is -0.423 e. The van der Waals surface area contributed by atoms with Crippen molar-refractivity contribution in [1.29, 1.82) is 0 Å². The molecule has 0 aliphatic rings. The van der Waals surface area contributed by atoms with Gasteiger partial charge in [0, 0.05) is 17.3 Å². The molecule has 1 atom stereocenters. The molecule has 0 saturated carbocycles. The van der Waals surface area contributed by atoms with Crippen LogP contribution in [0.1, 0.15) is 24.1 Å². The van der Waals surface area contributed by atoms with Gasteiger partial charge in [-0.05, 0) is 54.6 Å². The van der Waals surface area contributed by atoms with Gasteiger partial charge in [0.1, 0.15) is 0 Å². The van der Waals surface area contributed by atoms with E-state index in [0.29, 0.717) is 5.89 Å². The second kappa shape index (κ2) is 5.87. The maximum absolute atomic E-state index is 5.98. The Morgan fingerprint density at radius 1 is 1.33 bits per heavy atom. The normalized spacial score (nSPS) is 12.3. The Morgan fingerprint density at radius 3 is 2.81 bits per heavy atom. The number of nitrogens with one attached hydrogen (secondary N) is 1. The highest BCUT2D eigenvalue weighted by Gasteiger charge is 2.11. The largest absolute Gasteiger partial charge is 0.423 e. The van der Waals surface area contributed by atoms with Crippen LogP contribution in [0.25, 0.3) is 11.5 Å². The number of halogens is 1. The zero-order valence-electron chi connectivity index (χ0n) is 11.6. The molecule has 0 radical (unpaired) electrons. The average Bonchev–Trinajstić information content (AvgIpc) is 3.12. The van der Waals surface area contributed by atoms with Gasteiger partial charge in [-0.25, -0.2) is 0 Å². The highest BCUT2D eigenvalue weighted by molar-refractivity contribution is 7.14. The maximum Gasteiger partial charge on any atom is 0.247 e. The molecule has 2 aromatic heterocycles. The Bertz CT molecular complexity index is 739. The minimum absolute atomic E-state index is 0.196. The van der Waals surface area contributed by atoms with Gasteiger partial charge in [-0.3, -0.25) is 0 Å². The van der Waals surface area contributed by atoms with Crippen LogP contribution in [0.4, 0.5) is 5.69 Å². The lowest BCUT2D eigenvalue weighted by Gasteiger charge is -2.16. The van der Waals surface area contributed by atoms with Crippen LogP contribution in [0.3, 0.4) is 0 Å². The van der Waals surface area contributed by atoms with E-state index in [1.54, 1.807) is 11.3 Å². The van der Waals surface area contributed by atoms with Gasteiger partial charge in [-0.2, -0.15) is 0 Å². The van der Waals surface area contributed by atoms with Crippen LogP contribution < -0.4 is 5.32 Å². The molecule has 0 saturated heterocycles. The summed E-state index contributed by atoms with van der Waals surface area (Å²) in [6.07, 6.45) is 1.33. The molecule has 108 valence electrons. The summed E-state index contributed by atoms with van der Waals surface area (Å²) in [5.41, 5.74) is 4.30. The Hall–Kier alpha value is -1.85. The van der Waals surface area contributed by atoms with Crippen molar-refractivity contribution in [3.8, 4) is 11.5 Å². The molecule has 1 N–H and O–H groups in total. The first-order valence-corrected chi connectivity index (χ1v) is 7.77. The maximum atomic E-state index is 5.98. The first-order chi connectivity index (χ1) is 10.1. The summed E-state index contributed by atoms with van der Waals surface area (Å²) >= 11 is 7.53. The zero-order chi connectivity index (χ0) is 14.8. The molecule has 0 amide bonds. The SMILES string of the molecule is Cc1cc(-c2nnco2)ccc1NC(C)c1csc(Cl)c1. The summed E-state index contributed by atoms with van der Waals surface area (Å²) < 4.78 is 6.02. The molecule has 1 unspecified atom stereocenters. The molecule has 0 aliphatic heterocycles. The third-order valence-corrected chi connectivity index (χ3v) is 4.40. The quantitative estimate of drug-likeness (QED) is 0.740. The van der Waals surface area contributed by atoms with Crippen molar-refractivity contribution >= 4 is 28.6 Å². The van der Waals surface area contributed by atoms with Crippen molar-refractivity contribution in [2.24, 2.45) is 0 Å². The van der Waals surface area contributed by atoms with Crippen LogP contribution in [0.15, 0.2) is 40.5 Å². The van der Waals surface area contributed by atoms with E-state index in [9.17, 15) is 0 Å². The summed E-state index contributed by atoms with van der Waals surface area (Å²) in [7, 11) is 0. The van der Waals surface area contributed by atoms with E-state index in [1.807, 2.05) is 24.3 Å². The molecule has 0 spiro atoms. The van der Waals surface area contributed by atoms with Crippen molar-refractivity contribution < 1.29 is 4.42 Å². The van der Waals surface area contributed by atoms with Gasteiger partial charge >= 0.3 is 0 Å². The fourth-order valence-electron chi connectivity index (χ4n) is 2.12. The Morgan fingerprint density at radius 2 is 2.19 bits per heavy atom. The number of aromatic nitrogens is 2. The number of hydrogen-bond donors (Lipinski definition) is 1. The first kappa shape index (κ1) is 14.1. The van der Waals surface area contributed by atoms with E-state index >= 15 is 0 Å². The van der Waals surface area contributed by atoms with Crippen molar-refractivity contribution in [2.45, 2.75) is 19.9 Å². The summed E-state index contributed by atoms with van der Waals surface area (Å²) in [5.74, 6) is 0.530. The van der Waals surface area contributed by atoms with Crippen LogP contribution in [-0.2, 0) is 0 Å². The van der Waals surface area contributed by atoms with Gasteiger partial charge in [0.25, 0.3) is 0 Å². The molecule has 0 aliphatic carbocycles. The van der Waals surface area contributed by atoms with Gasteiger partial charge < -0.3 is 9.73 Å². The Labute approximate surface area is 131 Å². The van der Waals surface area contributed by atoms with Gasteiger partial charge in [0.2, 0.25) is 12.3 Å². The predicted molar refractivity (Wildman–Crippen MR) is 85.8 cm³/mol. The third kappa shape index (κ3) is 3.09. The van der Waals surface area contributed by atoms with Crippen molar-refractivity contribution in [1.82, 2.24) is 10.2 Å². The fraction of sp³-hybridized carbons (Fsp3) is 0.200. The van der Waals surface area contributed by atoms with Crippen molar-refractivity contribution in [2.75, 3.05) is 5.32 Å². The lowest BCUT2D eigenvalue weighted by atomic mass is 10.1. The fourth-order valence-corrected chi connectivity index (χ4v) is 3.11. The van der Waals surface area contributed by atoms with Crippen molar-refractivity contribution in [3.05, 3.63) is 51.5 Å². The molecule has 3 rings (SSSR count). The van der Waals surface area contributed by atoms with Crippen LogP contribution in [-0.4, -0.2) is 10.2 Å². The van der Waals surface area contributed by atoms with Gasteiger partial charge in [-0.1, -0.05) is 11.6 Å². The molecule has 2 heterocycles. The highest BCUT2D eigenvalue weighted by Crippen LogP contribution is 2.29. The molecular weight excluding hydrogens is 306 g/mol. The van der Waals surface area contributed by atoms with Gasteiger partial charge in [-0.15, -0.1) is 21.5 Å². The zero-order valence-corrected chi connectivity index (χ0v) is 13.2. The minimum atomic E-state index is 0.196. The molecule has 4 nitrogen and oxygen atoms in total. The number of thiophene rings is 1. The third-order valence-electron chi connectivity index (χ3n) is 3.29. The van der Waals surface area contributed by atoms with Gasteiger partial charge in [0.15, 0.2) is 0 Å². The standard InChI is InChI=1S/C15H14ClN3OS/c1-9-5-11(15-19-17-8-20-15)3-4-13(9)18-10(2)12-6-14(16)21-7-12/h3-8,10,18H,1-2H3. The summed E-state index contributed by atoms with van der Waals surface area (Å²) in [6.45, 7) is 4.17. The molecule has 0 fully saturated rings. The number of benzene rings is 1. The van der Waals surface area contributed by atoms with E-state index < -0.39 is 0 Å². The van der Waals surface area contributed by atoms with Crippen LogP contribution in [0.2, 0.25) is 4.34 Å². The highest BCUT2D eigenvalue weighted by atomic mass is 35.5. The lowest BCUT2D eigenvalue weighted by Crippen LogP contribution is -2.06. The van der Waals surface area contributed by atoms with E-state index in [-0.39, 0.29) is 6.04 Å². The van der Waals surface area contributed by atoms with Crippen LogP contribution in [0.5, 0.6) is 0 Å². The summed E-state index contributed by atoms with van der Waals surface area (Å²) in [4.78, 5) is 0. The molecule has 3 aromatic rings. The Balaban J connectivity index is 1.80. The lowest BCUT2D eigenvalue weighted by molar-refractivity contribution is 0.568. The number of hydrogen-bond acceptors (Lipinski definition) is 5. The second-order valence-electron chi connectivity index (χ2n) is 4.82. The van der Waals surface area contributed by atoms with E-state index in [4.69, 9.17) is 16.0 Å². The monoisotopic (exact) mass is 319 g/mol. The molecular formula is C15H14ClN3OS. The summed E-state index contributed by atoms with van der Waals surface area (Å²) in [5, 5.41) is 13.2. The van der Waals surface area contributed by atoms with Crippen molar-refractivity contribution in [3.63, 3.8) is 0 Å². The average molecular weight is 320 g/mol. The summed E-state index contributed by atoms with van der Waals surface area (Å²) in [6, 6.07) is 8.21.